The van der Waals surface area contributed by atoms with Crippen LogP contribution in [0.25, 0.3) is 5.69 Å². The minimum Gasteiger partial charge on any atom is -0.318 e. The molecule has 1 atom stereocenters. The van der Waals surface area contributed by atoms with E-state index in [1.165, 1.54) is 12.1 Å². The first-order valence-corrected chi connectivity index (χ1v) is 10.4. The molecule has 0 saturated heterocycles. The van der Waals surface area contributed by atoms with E-state index in [2.05, 4.69) is 5.32 Å². The van der Waals surface area contributed by atoms with Crippen LogP contribution in [0.15, 0.2) is 85.1 Å². The summed E-state index contributed by atoms with van der Waals surface area (Å²) in [4.78, 5) is 15.1. The van der Waals surface area contributed by atoms with E-state index in [4.69, 9.17) is 11.6 Å². The zero-order valence-electron chi connectivity index (χ0n) is 16.8. The second-order valence-corrected chi connectivity index (χ2v) is 8.04. The van der Waals surface area contributed by atoms with Gasteiger partial charge >= 0.3 is 6.03 Å². The van der Waals surface area contributed by atoms with Gasteiger partial charge in [-0.25, -0.2) is 13.6 Å². The molecule has 0 bridgehead atoms. The molecule has 4 nitrogen and oxygen atoms in total. The lowest BCUT2D eigenvalue weighted by Gasteiger charge is -2.31. The molecule has 0 fully saturated rings. The van der Waals surface area contributed by atoms with Gasteiger partial charge in [0, 0.05) is 28.7 Å². The van der Waals surface area contributed by atoms with Gasteiger partial charge in [0.25, 0.3) is 0 Å². The zero-order chi connectivity index (χ0) is 22.2. The number of carbonyl (C=O) groups is 1. The van der Waals surface area contributed by atoms with Crippen molar-refractivity contribution in [3.8, 4) is 5.69 Å². The quantitative estimate of drug-likeness (QED) is 0.370. The summed E-state index contributed by atoms with van der Waals surface area (Å²) in [6, 6.07) is 20.4. The summed E-state index contributed by atoms with van der Waals surface area (Å²) in [5.74, 6) is -1.39. The average Bonchev–Trinajstić information content (AvgIpc) is 3.18. The molecule has 0 spiro atoms. The van der Waals surface area contributed by atoms with Crippen molar-refractivity contribution < 1.29 is 13.6 Å². The Kier molecular flexibility index (Phi) is 5.15. The van der Waals surface area contributed by atoms with Gasteiger partial charge in [0.15, 0.2) is 0 Å². The molecule has 32 heavy (non-hydrogen) atoms. The maximum Gasteiger partial charge on any atom is 0.322 e. The predicted octanol–water partition coefficient (Wildman–Crippen LogP) is 6.55. The molecule has 1 aliphatic rings. The molecule has 2 amide bonds. The molecule has 0 aliphatic carbocycles. The number of fused-ring (bicyclic) bond motifs is 3. The van der Waals surface area contributed by atoms with Crippen molar-refractivity contribution in [2.75, 3.05) is 5.32 Å². The number of nitrogens with zero attached hydrogens (tertiary/aromatic N) is 2. The Hall–Kier alpha value is -3.64. The van der Waals surface area contributed by atoms with Crippen molar-refractivity contribution in [1.82, 2.24) is 9.47 Å². The van der Waals surface area contributed by atoms with E-state index in [-0.39, 0.29) is 6.54 Å². The highest BCUT2D eigenvalue weighted by Gasteiger charge is 2.33. The first-order valence-electron chi connectivity index (χ1n) is 10.0. The van der Waals surface area contributed by atoms with Crippen LogP contribution in [0.5, 0.6) is 0 Å². The number of amides is 2. The van der Waals surface area contributed by atoms with Crippen LogP contribution in [-0.4, -0.2) is 15.5 Å². The smallest absolute Gasteiger partial charge is 0.318 e. The molecular formula is C25H18ClF2N3O. The fourth-order valence-corrected chi connectivity index (χ4v) is 4.28. The number of hydrogen-bond acceptors (Lipinski definition) is 1. The summed E-state index contributed by atoms with van der Waals surface area (Å²) in [6.07, 6.45) is 1.89. The fraction of sp³-hybridized carbons (Fsp3) is 0.0800. The predicted molar refractivity (Wildman–Crippen MR) is 120 cm³/mol. The molecule has 1 aliphatic heterocycles. The van der Waals surface area contributed by atoms with Crippen molar-refractivity contribution in [3.63, 3.8) is 0 Å². The molecule has 160 valence electrons. The van der Waals surface area contributed by atoms with Gasteiger partial charge in [0.05, 0.1) is 18.3 Å². The van der Waals surface area contributed by atoms with Crippen LogP contribution in [0.1, 0.15) is 22.9 Å². The molecule has 4 aromatic rings. The third-order valence-electron chi connectivity index (χ3n) is 5.52. The van der Waals surface area contributed by atoms with Gasteiger partial charge in [0.2, 0.25) is 0 Å². The second kappa shape index (κ2) is 8.13. The molecular weight excluding hydrogens is 432 g/mol. The molecule has 2 heterocycles. The number of halogens is 3. The van der Waals surface area contributed by atoms with Crippen LogP contribution < -0.4 is 5.32 Å². The Morgan fingerprint density at radius 3 is 2.41 bits per heavy atom. The Bertz CT molecular complexity index is 1280. The lowest BCUT2D eigenvalue weighted by molar-refractivity contribution is 0.194. The summed E-state index contributed by atoms with van der Waals surface area (Å²) in [5.41, 5.74) is 3.47. The number of rotatable bonds is 2. The average molecular weight is 450 g/mol. The molecule has 0 saturated carbocycles. The second-order valence-electron chi connectivity index (χ2n) is 7.60. The fourth-order valence-electron chi connectivity index (χ4n) is 4.15. The number of aromatic nitrogens is 1. The minimum atomic E-state index is -0.713. The van der Waals surface area contributed by atoms with Gasteiger partial charge in [-0.1, -0.05) is 29.8 Å². The highest BCUT2D eigenvalue weighted by Crippen LogP contribution is 2.37. The van der Waals surface area contributed by atoms with E-state index in [0.717, 1.165) is 23.0 Å². The molecule has 1 aromatic heterocycles. The lowest BCUT2D eigenvalue weighted by atomic mass is 10.0. The van der Waals surface area contributed by atoms with Crippen LogP contribution in [0, 0.1) is 11.6 Å². The van der Waals surface area contributed by atoms with Crippen LogP contribution in [-0.2, 0) is 6.54 Å². The number of benzene rings is 3. The highest BCUT2D eigenvalue weighted by atomic mass is 35.5. The van der Waals surface area contributed by atoms with E-state index in [1.54, 1.807) is 29.2 Å². The monoisotopic (exact) mass is 449 g/mol. The number of anilines is 1. The zero-order valence-corrected chi connectivity index (χ0v) is 17.6. The molecule has 5 rings (SSSR count). The number of para-hydroxylation sites is 1. The molecule has 7 heteroatoms. The summed E-state index contributed by atoms with van der Waals surface area (Å²) in [7, 11) is 0. The SMILES string of the molecule is O=C(Nc1ccc(Cl)cc1)N1Cc2ccccc2-n2cccc2[C@H]1c1cc(F)cc(F)c1. The van der Waals surface area contributed by atoms with Gasteiger partial charge in [-0.2, -0.15) is 0 Å². The van der Waals surface area contributed by atoms with E-state index in [1.807, 2.05) is 47.2 Å². The van der Waals surface area contributed by atoms with Gasteiger partial charge in [-0.05, 0) is 65.7 Å². The van der Waals surface area contributed by atoms with Gasteiger partial charge in [-0.15, -0.1) is 0 Å². The summed E-state index contributed by atoms with van der Waals surface area (Å²) in [6.45, 7) is 0.250. The number of urea groups is 1. The van der Waals surface area contributed by atoms with Gasteiger partial charge < -0.3 is 14.8 Å². The van der Waals surface area contributed by atoms with Crippen LogP contribution in [0.2, 0.25) is 5.02 Å². The van der Waals surface area contributed by atoms with Gasteiger partial charge in [-0.3, -0.25) is 0 Å². The van der Waals surface area contributed by atoms with Crippen LogP contribution >= 0.6 is 11.6 Å². The Balaban J connectivity index is 1.65. The van der Waals surface area contributed by atoms with Crippen molar-refractivity contribution in [1.29, 1.82) is 0 Å². The maximum absolute atomic E-state index is 14.2. The summed E-state index contributed by atoms with van der Waals surface area (Å²) < 4.78 is 30.3. The summed E-state index contributed by atoms with van der Waals surface area (Å²) in [5, 5.41) is 3.43. The first kappa shape index (κ1) is 20.3. The normalized spacial score (nSPS) is 15.0. The molecule has 1 N–H and O–H groups in total. The van der Waals surface area contributed by atoms with E-state index < -0.39 is 23.7 Å². The Morgan fingerprint density at radius 2 is 1.66 bits per heavy atom. The van der Waals surface area contributed by atoms with Crippen LogP contribution in [0.4, 0.5) is 19.3 Å². The van der Waals surface area contributed by atoms with Crippen molar-refractivity contribution >= 4 is 23.3 Å². The number of hydrogen-bond donors (Lipinski definition) is 1. The van der Waals surface area contributed by atoms with E-state index in [0.29, 0.717) is 16.3 Å². The third-order valence-corrected chi connectivity index (χ3v) is 5.77. The topological polar surface area (TPSA) is 37.3 Å². The van der Waals surface area contributed by atoms with Gasteiger partial charge in [0.1, 0.15) is 11.6 Å². The van der Waals surface area contributed by atoms with Crippen molar-refractivity contribution in [3.05, 3.63) is 119 Å². The van der Waals surface area contributed by atoms with E-state index in [9.17, 15) is 13.6 Å². The Labute approximate surface area is 188 Å². The number of nitrogens with one attached hydrogen (secondary N) is 1. The molecule has 3 aromatic carbocycles. The Morgan fingerprint density at radius 1 is 0.938 bits per heavy atom. The maximum atomic E-state index is 14.2. The number of carbonyl (C=O) groups excluding carboxylic acids is 1. The largest absolute Gasteiger partial charge is 0.322 e. The summed E-state index contributed by atoms with van der Waals surface area (Å²) >= 11 is 5.95. The van der Waals surface area contributed by atoms with Crippen LogP contribution in [0.3, 0.4) is 0 Å². The highest BCUT2D eigenvalue weighted by molar-refractivity contribution is 6.30. The minimum absolute atomic E-state index is 0.250. The molecule has 0 radical (unpaired) electrons. The third kappa shape index (κ3) is 3.74. The molecule has 0 unspecified atom stereocenters. The van der Waals surface area contributed by atoms with Crippen molar-refractivity contribution in [2.45, 2.75) is 12.6 Å². The lowest BCUT2D eigenvalue weighted by Crippen LogP contribution is -2.38. The standard InChI is InChI=1S/C25H18ClF2N3O/c26-18-7-9-21(10-8-18)29-25(32)31-15-16-4-1-2-5-22(16)30-11-3-6-23(30)24(31)17-12-19(27)14-20(28)13-17/h1-14,24H,15H2,(H,29,32)/t24-/m1/s1. The first-order chi connectivity index (χ1) is 15.5. The van der Waals surface area contributed by atoms with E-state index >= 15 is 0 Å². The van der Waals surface area contributed by atoms with Crippen molar-refractivity contribution in [2.24, 2.45) is 0 Å².